The Bertz CT molecular complexity index is 758. The Morgan fingerprint density at radius 3 is 2.38 bits per heavy atom. The van der Waals surface area contributed by atoms with E-state index in [1.54, 1.807) is 0 Å². The molecule has 2 N–H and O–H groups in total. The number of sulfonamides is 1. The molecule has 0 aromatic heterocycles. The van der Waals surface area contributed by atoms with Gasteiger partial charge >= 0.3 is 0 Å². The van der Waals surface area contributed by atoms with Gasteiger partial charge in [-0.1, -0.05) is 41.9 Å². The molecule has 8 heteroatoms. The van der Waals surface area contributed by atoms with Crippen LogP contribution in [0.5, 0.6) is 0 Å². The second kappa shape index (κ2) is 9.34. The molecule has 0 radical (unpaired) electrons. The van der Waals surface area contributed by atoms with Crippen molar-refractivity contribution in [2.75, 3.05) is 13.1 Å². The predicted octanol–water partition coefficient (Wildman–Crippen LogP) is 3.44. The Hall–Kier alpha value is -1.18. The minimum atomic E-state index is -3.97. The van der Waals surface area contributed by atoms with Gasteiger partial charge in [0.2, 0.25) is 10.0 Å². The lowest BCUT2D eigenvalue weighted by Gasteiger charge is -2.22. The van der Waals surface area contributed by atoms with E-state index in [4.69, 9.17) is 17.3 Å². The first-order valence-electron chi connectivity index (χ1n) is 7.14. The van der Waals surface area contributed by atoms with Crippen LogP contribution in [0.2, 0.25) is 5.02 Å². The predicted molar refractivity (Wildman–Crippen MR) is 96.4 cm³/mol. The highest BCUT2D eigenvalue weighted by Crippen LogP contribution is 2.24. The average molecular weight is 393 g/mol. The molecule has 0 amide bonds. The molecule has 0 aliphatic rings. The molecule has 0 saturated heterocycles. The maximum Gasteiger partial charge on any atom is 0.246 e. The molecular weight excluding hydrogens is 374 g/mol. The quantitative estimate of drug-likeness (QED) is 0.784. The van der Waals surface area contributed by atoms with Crippen LogP contribution >= 0.6 is 24.0 Å². The van der Waals surface area contributed by atoms with Gasteiger partial charge in [-0.2, -0.15) is 4.31 Å². The first-order valence-corrected chi connectivity index (χ1v) is 8.96. The SMILES string of the molecule is Cl.NCCCN(Cc1ccccc1)S(=O)(=O)c1ccc(Cl)cc1F. The lowest BCUT2D eigenvalue weighted by atomic mass is 10.2. The second-order valence-corrected chi connectivity index (χ2v) is 7.38. The van der Waals surface area contributed by atoms with E-state index < -0.39 is 15.8 Å². The molecule has 0 aliphatic carbocycles. The third-order valence-electron chi connectivity index (χ3n) is 3.33. The topological polar surface area (TPSA) is 63.4 Å². The first-order chi connectivity index (χ1) is 10.9. The Labute approximate surface area is 152 Å². The summed E-state index contributed by atoms with van der Waals surface area (Å²) in [6.07, 6.45) is 0.487. The van der Waals surface area contributed by atoms with E-state index in [0.717, 1.165) is 11.6 Å². The van der Waals surface area contributed by atoms with Crippen LogP contribution in [-0.2, 0) is 16.6 Å². The summed E-state index contributed by atoms with van der Waals surface area (Å²) in [5.74, 6) is -0.858. The molecule has 0 fully saturated rings. The fourth-order valence-electron chi connectivity index (χ4n) is 2.16. The fourth-order valence-corrected chi connectivity index (χ4v) is 3.83. The largest absolute Gasteiger partial charge is 0.330 e. The Morgan fingerprint density at radius 2 is 1.79 bits per heavy atom. The normalized spacial score (nSPS) is 11.3. The van der Waals surface area contributed by atoms with Crippen molar-refractivity contribution in [1.29, 1.82) is 0 Å². The molecule has 0 unspecified atom stereocenters. The monoisotopic (exact) mass is 392 g/mol. The third kappa shape index (κ3) is 5.16. The number of rotatable bonds is 7. The smallest absolute Gasteiger partial charge is 0.246 e. The van der Waals surface area contributed by atoms with Crippen LogP contribution in [0.3, 0.4) is 0 Å². The molecule has 0 spiro atoms. The van der Waals surface area contributed by atoms with Gasteiger partial charge < -0.3 is 5.73 Å². The molecule has 2 aromatic carbocycles. The van der Waals surface area contributed by atoms with Crippen LogP contribution < -0.4 is 5.73 Å². The van der Waals surface area contributed by atoms with Crippen molar-refractivity contribution in [2.24, 2.45) is 5.73 Å². The van der Waals surface area contributed by atoms with Crippen LogP contribution in [0.1, 0.15) is 12.0 Å². The molecular formula is C16H19Cl2FN2O2S. The highest BCUT2D eigenvalue weighted by atomic mass is 35.5. The van der Waals surface area contributed by atoms with E-state index in [1.165, 1.54) is 16.4 Å². The van der Waals surface area contributed by atoms with Crippen LogP contribution in [0.25, 0.3) is 0 Å². The van der Waals surface area contributed by atoms with Crippen molar-refractivity contribution < 1.29 is 12.8 Å². The summed E-state index contributed by atoms with van der Waals surface area (Å²) in [6, 6.07) is 12.7. The highest BCUT2D eigenvalue weighted by molar-refractivity contribution is 7.89. The van der Waals surface area contributed by atoms with E-state index in [-0.39, 0.29) is 35.4 Å². The second-order valence-electron chi connectivity index (χ2n) is 5.04. The maximum atomic E-state index is 14.1. The molecule has 0 saturated carbocycles. The van der Waals surface area contributed by atoms with Gasteiger partial charge in [0.15, 0.2) is 0 Å². The minimum absolute atomic E-state index is 0. The first kappa shape index (κ1) is 20.9. The summed E-state index contributed by atoms with van der Waals surface area (Å²) in [6.45, 7) is 0.727. The average Bonchev–Trinajstić information content (AvgIpc) is 2.52. The Balaban J connectivity index is 0.00000288. The minimum Gasteiger partial charge on any atom is -0.330 e. The summed E-state index contributed by atoms with van der Waals surface area (Å²) in [7, 11) is -3.97. The molecule has 0 atom stereocenters. The molecule has 24 heavy (non-hydrogen) atoms. The Kier molecular flexibility index (Phi) is 8.12. The molecule has 2 aromatic rings. The number of nitrogens with two attached hydrogens (primary N) is 1. The van der Waals surface area contributed by atoms with Crippen molar-refractivity contribution >= 4 is 34.0 Å². The fraction of sp³-hybridized carbons (Fsp3) is 0.250. The highest BCUT2D eigenvalue weighted by Gasteiger charge is 2.27. The van der Waals surface area contributed by atoms with Crippen LogP contribution in [-0.4, -0.2) is 25.8 Å². The van der Waals surface area contributed by atoms with E-state index in [0.29, 0.717) is 13.0 Å². The van der Waals surface area contributed by atoms with Crippen LogP contribution in [0.15, 0.2) is 53.4 Å². The van der Waals surface area contributed by atoms with Gasteiger partial charge in [-0.15, -0.1) is 12.4 Å². The van der Waals surface area contributed by atoms with E-state index >= 15 is 0 Å². The van der Waals surface area contributed by atoms with Gasteiger partial charge in [0.25, 0.3) is 0 Å². The zero-order valence-corrected chi connectivity index (χ0v) is 15.2. The number of halogens is 3. The molecule has 0 heterocycles. The van der Waals surface area contributed by atoms with E-state index in [9.17, 15) is 12.8 Å². The molecule has 2 rings (SSSR count). The number of benzene rings is 2. The summed E-state index contributed by atoms with van der Waals surface area (Å²) in [4.78, 5) is -0.380. The lowest BCUT2D eigenvalue weighted by molar-refractivity contribution is 0.398. The van der Waals surface area contributed by atoms with Crippen molar-refractivity contribution in [3.8, 4) is 0 Å². The molecule has 0 aliphatic heterocycles. The summed E-state index contributed by atoms with van der Waals surface area (Å²) >= 11 is 5.70. The van der Waals surface area contributed by atoms with Crippen LogP contribution in [0, 0.1) is 5.82 Å². The van der Waals surface area contributed by atoms with Crippen molar-refractivity contribution in [3.63, 3.8) is 0 Å². The summed E-state index contributed by atoms with van der Waals surface area (Å²) in [5, 5.41) is 0.151. The molecule has 132 valence electrons. The van der Waals surface area contributed by atoms with Crippen molar-refractivity contribution in [2.45, 2.75) is 17.9 Å². The van der Waals surface area contributed by atoms with Gasteiger partial charge in [0.05, 0.1) is 0 Å². The molecule has 0 bridgehead atoms. The van der Waals surface area contributed by atoms with Gasteiger partial charge in [-0.05, 0) is 36.7 Å². The van der Waals surface area contributed by atoms with Crippen molar-refractivity contribution in [1.82, 2.24) is 4.31 Å². The van der Waals surface area contributed by atoms with Gasteiger partial charge in [-0.25, -0.2) is 12.8 Å². The maximum absolute atomic E-state index is 14.1. The van der Waals surface area contributed by atoms with E-state index in [2.05, 4.69) is 0 Å². The van der Waals surface area contributed by atoms with Crippen LogP contribution in [0.4, 0.5) is 4.39 Å². The Morgan fingerprint density at radius 1 is 1.12 bits per heavy atom. The van der Waals surface area contributed by atoms with Gasteiger partial charge in [0, 0.05) is 18.1 Å². The summed E-state index contributed by atoms with van der Waals surface area (Å²) < 4.78 is 40.8. The third-order valence-corrected chi connectivity index (χ3v) is 5.44. The van der Waals surface area contributed by atoms with Gasteiger partial charge in [-0.3, -0.25) is 0 Å². The number of hydrogen-bond acceptors (Lipinski definition) is 3. The molecule has 4 nitrogen and oxygen atoms in total. The zero-order valence-electron chi connectivity index (χ0n) is 12.9. The van der Waals surface area contributed by atoms with Gasteiger partial charge in [0.1, 0.15) is 10.7 Å². The lowest BCUT2D eigenvalue weighted by Crippen LogP contribution is -2.33. The van der Waals surface area contributed by atoms with Crippen molar-refractivity contribution in [3.05, 3.63) is 64.9 Å². The van der Waals surface area contributed by atoms with E-state index in [1.807, 2.05) is 30.3 Å². The summed E-state index contributed by atoms with van der Waals surface area (Å²) in [5.41, 5.74) is 6.31. The zero-order chi connectivity index (χ0) is 16.9. The standard InChI is InChI=1S/C16H18ClFN2O2S.ClH/c17-14-7-8-16(15(18)11-14)23(21,22)20(10-4-9-19)12-13-5-2-1-3-6-13;/h1-3,5-8,11H,4,9-10,12,19H2;1H. The number of hydrogen-bond donors (Lipinski definition) is 1. The number of nitrogens with zero attached hydrogens (tertiary/aromatic N) is 1.